The Morgan fingerprint density at radius 2 is 1.88 bits per heavy atom. The summed E-state index contributed by atoms with van der Waals surface area (Å²) in [4.78, 5) is 26.1. The molecule has 1 amide bonds. The largest absolute Gasteiger partial charge is 0.481 e. The zero-order valence-corrected chi connectivity index (χ0v) is 15.0. The lowest BCUT2D eigenvalue weighted by Crippen LogP contribution is -2.35. The van der Waals surface area contributed by atoms with Crippen LogP contribution in [0.2, 0.25) is 0 Å². The molecule has 1 unspecified atom stereocenters. The molecule has 0 bridgehead atoms. The van der Waals surface area contributed by atoms with E-state index in [0.717, 1.165) is 17.0 Å². The van der Waals surface area contributed by atoms with Crippen molar-refractivity contribution < 1.29 is 14.7 Å². The number of aryl methyl sites for hydroxylation is 1. The summed E-state index contributed by atoms with van der Waals surface area (Å²) in [6.45, 7) is 6.65. The summed E-state index contributed by atoms with van der Waals surface area (Å²) in [6.07, 6.45) is 6.72. The van der Waals surface area contributed by atoms with Gasteiger partial charge in [-0.15, -0.1) is 0 Å². The van der Waals surface area contributed by atoms with E-state index in [-0.39, 0.29) is 5.91 Å². The Bertz CT molecular complexity index is 658. The van der Waals surface area contributed by atoms with Gasteiger partial charge in [0.25, 0.3) is 5.91 Å². The molecule has 2 heterocycles. The molecule has 3 rings (SSSR count). The average Bonchev–Trinajstić information content (AvgIpc) is 3.09. The number of likely N-dealkylation sites (tertiary alicyclic amines) is 1. The highest BCUT2D eigenvalue weighted by molar-refractivity contribution is 5.96. The van der Waals surface area contributed by atoms with Crippen LogP contribution in [0.1, 0.15) is 73.2 Å². The van der Waals surface area contributed by atoms with Gasteiger partial charge in [-0.05, 0) is 46.1 Å². The first-order valence-electron chi connectivity index (χ1n) is 9.04. The molecule has 1 aromatic rings. The number of aliphatic carboxylic acids is 1. The van der Waals surface area contributed by atoms with Crippen LogP contribution in [0.3, 0.4) is 0 Å². The minimum absolute atomic E-state index is 0.0184. The topological polar surface area (TPSA) is 62.5 Å². The molecule has 2 aliphatic rings. The molecule has 1 N–H and O–H groups in total. The number of nitrogens with zero attached hydrogens (tertiary/aromatic N) is 2. The van der Waals surface area contributed by atoms with E-state index in [4.69, 9.17) is 0 Å². The molecule has 5 heteroatoms. The molecule has 1 atom stereocenters. The Hall–Kier alpha value is -1.78. The third kappa shape index (κ3) is 2.85. The number of carbonyl (C=O) groups is 2. The van der Waals surface area contributed by atoms with Gasteiger partial charge in [-0.2, -0.15) is 0 Å². The van der Waals surface area contributed by atoms with Crippen LogP contribution in [0.25, 0.3) is 0 Å². The maximum Gasteiger partial charge on any atom is 0.311 e. The van der Waals surface area contributed by atoms with E-state index in [1.165, 1.54) is 32.1 Å². The zero-order chi connectivity index (χ0) is 17.5. The normalized spacial score (nSPS) is 25.2. The summed E-state index contributed by atoms with van der Waals surface area (Å²) >= 11 is 0. The van der Waals surface area contributed by atoms with Gasteiger partial charge >= 0.3 is 5.97 Å². The van der Waals surface area contributed by atoms with E-state index in [0.29, 0.717) is 25.6 Å². The number of carboxylic acid groups (broad SMARTS) is 1. The minimum Gasteiger partial charge on any atom is -0.481 e. The predicted molar refractivity (Wildman–Crippen MR) is 92.3 cm³/mol. The second-order valence-corrected chi connectivity index (χ2v) is 7.79. The fourth-order valence-electron chi connectivity index (χ4n) is 4.37. The molecular weight excluding hydrogens is 304 g/mol. The average molecular weight is 332 g/mol. The number of carbonyl (C=O) groups excluding carboxylic acids is 1. The molecular formula is C19H28N2O3. The highest BCUT2D eigenvalue weighted by Crippen LogP contribution is 2.34. The van der Waals surface area contributed by atoms with Crippen LogP contribution in [0.4, 0.5) is 0 Å². The van der Waals surface area contributed by atoms with Crippen molar-refractivity contribution in [2.24, 2.45) is 5.41 Å². The van der Waals surface area contributed by atoms with Crippen LogP contribution in [-0.2, 0) is 4.79 Å². The molecule has 2 fully saturated rings. The second-order valence-electron chi connectivity index (χ2n) is 7.79. The highest BCUT2D eigenvalue weighted by atomic mass is 16.4. The van der Waals surface area contributed by atoms with Crippen LogP contribution in [0, 0.1) is 19.3 Å². The van der Waals surface area contributed by atoms with E-state index < -0.39 is 11.4 Å². The van der Waals surface area contributed by atoms with Crippen molar-refractivity contribution >= 4 is 11.9 Å². The number of amides is 1. The first-order chi connectivity index (χ1) is 11.3. The summed E-state index contributed by atoms with van der Waals surface area (Å²) < 4.78 is 2.33. The Morgan fingerprint density at radius 3 is 2.46 bits per heavy atom. The van der Waals surface area contributed by atoms with Crippen molar-refractivity contribution in [3.63, 3.8) is 0 Å². The summed E-state index contributed by atoms with van der Waals surface area (Å²) in [5.74, 6) is -0.833. The van der Waals surface area contributed by atoms with Gasteiger partial charge in [-0.1, -0.05) is 19.3 Å². The van der Waals surface area contributed by atoms with Crippen molar-refractivity contribution in [2.45, 2.75) is 65.3 Å². The van der Waals surface area contributed by atoms with Crippen molar-refractivity contribution in [1.29, 1.82) is 0 Å². The molecule has 5 nitrogen and oxygen atoms in total. The van der Waals surface area contributed by atoms with Crippen LogP contribution < -0.4 is 0 Å². The van der Waals surface area contributed by atoms with Gasteiger partial charge in [-0.25, -0.2) is 0 Å². The lowest BCUT2D eigenvalue weighted by molar-refractivity contribution is -0.147. The zero-order valence-electron chi connectivity index (χ0n) is 15.0. The van der Waals surface area contributed by atoms with Crippen LogP contribution in [0.15, 0.2) is 6.07 Å². The maximum atomic E-state index is 12.9. The molecule has 1 aromatic heterocycles. The van der Waals surface area contributed by atoms with Crippen LogP contribution in [-0.4, -0.2) is 39.5 Å². The Labute approximate surface area is 143 Å². The quantitative estimate of drug-likeness (QED) is 0.921. The van der Waals surface area contributed by atoms with Gasteiger partial charge in [0, 0.05) is 30.5 Å². The molecule has 1 aliphatic carbocycles. The summed E-state index contributed by atoms with van der Waals surface area (Å²) in [7, 11) is 0. The first kappa shape index (κ1) is 17.1. The monoisotopic (exact) mass is 332 g/mol. The standard InChI is InChI=1S/C19H28N2O3/c1-13-11-16(14(2)21(13)15-7-5-4-6-8-15)17(22)20-10-9-19(3,12-20)18(23)24/h11,15H,4-10,12H2,1-3H3,(H,23,24). The van der Waals surface area contributed by atoms with Crippen molar-refractivity contribution in [1.82, 2.24) is 9.47 Å². The molecule has 24 heavy (non-hydrogen) atoms. The molecule has 132 valence electrons. The maximum absolute atomic E-state index is 12.9. The fraction of sp³-hybridized carbons (Fsp3) is 0.684. The van der Waals surface area contributed by atoms with E-state index in [2.05, 4.69) is 11.5 Å². The van der Waals surface area contributed by atoms with Gasteiger partial charge < -0.3 is 14.6 Å². The Kier molecular flexibility index (Phi) is 4.45. The first-order valence-corrected chi connectivity index (χ1v) is 9.04. The van der Waals surface area contributed by atoms with Crippen LogP contribution in [0.5, 0.6) is 0 Å². The molecule has 1 saturated carbocycles. The predicted octanol–water partition coefficient (Wildman–Crippen LogP) is 3.55. The van der Waals surface area contributed by atoms with Gasteiger partial charge in [0.05, 0.1) is 11.0 Å². The summed E-state index contributed by atoms with van der Waals surface area (Å²) in [6, 6.07) is 2.49. The molecule has 0 radical (unpaired) electrons. The Morgan fingerprint density at radius 1 is 1.21 bits per heavy atom. The van der Waals surface area contributed by atoms with Crippen molar-refractivity contribution in [2.75, 3.05) is 13.1 Å². The van der Waals surface area contributed by atoms with Gasteiger partial charge in [-0.3, -0.25) is 9.59 Å². The van der Waals surface area contributed by atoms with E-state index in [1.54, 1.807) is 11.8 Å². The smallest absolute Gasteiger partial charge is 0.311 e. The second kappa shape index (κ2) is 6.26. The van der Waals surface area contributed by atoms with Gasteiger partial charge in [0.2, 0.25) is 0 Å². The van der Waals surface area contributed by atoms with E-state index in [9.17, 15) is 14.7 Å². The summed E-state index contributed by atoms with van der Waals surface area (Å²) in [5.41, 5.74) is 2.11. The number of rotatable bonds is 3. The highest BCUT2D eigenvalue weighted by Gasteiger charge is 2.42. The van der Waals surface area contributed by atoms with E-state index >= 15 is 0 Å². The number of aromatic nitrogens is 1. The van der Waals surface area contributed by atoms with Gasteiger partial charge in [0.1, 0.15) is 0 Å². The lowest BCUT2D eigenvalue weighted by atomic mass is 9.90. The third-order valence-corrected chi connectivity index (χ3v) is 5.93. The minimum atomic E-state index is -0.815. The number of carboxylic acids is 1. The molecule has 1 saturated heterocycles. The fourth-order valence-corrected chi connectivity index (χ4v) is 4.37. The summed E-state index contributed by atoms with van der Waals surface area (Å²) in [5, 5.41) is 9.37. The SMILES string of the molecule is Cc1cc(C(=O)N2CCC(C)(C(=O)O)C2)c(C)n1C1CCCCC1. The molecule has 1 aliphatic heterocycles. The number of hydrogen-bond donors (Lipinski definition) is 1. The number of hydrogen-bond acceptors (Lipinski definition) is 2. The molecule has 0 spiro atoms. The lowest BCUT2D eigenvalue weighted by Gasteiger charge is -2.26. The third-order valence-electron chi connectivity index (χ3n) is 5.93. The van der Waals surface area contributed by atoms with Crippen LogP contribution >= 0.6 is 0 Å². The Balaban J connectivity index is 1.83. The van der Waals surface area contributed by atoms with Crippen molar-refractivity contribution in [3.8, 4) is 0 Å². The van der Waals surface area contributed by atoms with Crippen molar-refractivity contribution in [3.05, 3.63) is 23.0 Å². The molecule has 0 aromatic carbocycles. The van der Waals surface area contributed by atoms with Gasteiger partial charge in [0.15, 0.2) is 0 Å². The van der Waals surface area contributed by atoms with E-state index in [1.807, 2.05) is 13.0 Å².